The fourth-order valence-corrected chi connectivity index (χ4v) is 1.66. The number of nitrogens with one attached hydrogen (secondary N) is 1. The number of halogens is 2. The number of benzene rings is 1. The van der Waals surface area contributed by atoms with E-state index in [1.165, 1.54) is 6.07 Å². The quantitative estimate of drug-likeness (QED) is 0.812. The van der Waals surface area contributed by atoms with E-state index in [0.29, 0.717) is 5.75 Å². The molecule has 0 saturated carbocycles. The first-order valence-corrected chi connectivity index (χ1v) is 5.08. The lowest BCUT2D eigenvalue weighted by atomic mass is 10.1. The molecule has 1 heterocycles. The summed E-state index contributed by atoms with van der Waals surface area (Å²) in [4.78, 5) is 0. The molecule has 0 radical (unpaired) electrons. The molecule has 4 heteroatoms. The van der Waals surface area contributed by atoms with Gasteiger partial charge in [0.2, 0.25) is 0 Å². The van der Waals surface area contributed by atoms with E-state index in [1.54, 1.807) is 0 Å². The lowest BCUT2D eigenvalue weighted by molar-refractivity contribution is 0.166. The molecule has 0 aliphatic carbocycles. The molecule has 1 saturated heterocycles. The van der Waals surface area contributed by atoms with E-state index >= 15 is 0 Å². The maximum atomic E-state index is 12.9. The van der Waals surface area contributed by atoms with Gasteiger partial charge in [0, 0.05) is 12.6 Å². The third-order valence-corrected chi connectivity index (χ3v) is 2.45. The van der Waals surface area contributed by atoms with Gasteiger partial charge in [0.25, 0.3) is 0 Å². The van der Waals surface area contributed by atoms with Gasteiger partial charge in [-0.2, -0.15) is 0 Å². The summed E-state index contributed by atoms with van der Waals surface area (Å²) in [6, 6.07) is 3.62. The van der Waals surface area contributed by atoms with Gasteiger partial charge in [0.05, 0.1) is 0 Å². The number of hydrogen-bond acceptors (Lipinski definition) is 2. The van der Waals surface area contributed by atoms with Gasteiger partial charge in [0.15, 0.2) is 11.6 Å². The van der Waals surface area contributed by atoms with Crippen molar-refractivity contribution in [2.75, 3.05) is 13.1 Å². The number of ether oxygens (including phenoxy) is 1. The van der Waals surface area contributed by atoms with Crippen molar-refractivity contribution in [3.8, 4) is 5.75 Å². The van der Waals surface area contributed by atoms with Gasteiger partial charge in [-0.1, -0.05) is 0 Å². The largest absolute Gasteiger partial charge is 0.489 e. The van der Waals surface area contributed by atoms with Gasteiger partial charge in [-0.25, -0.2) is 8.78 Å². The molecule has 2 rings (SSSR count). The summed E-state index contributed by atoms with van der Waals surface area (Å²) in [5, 5.41) is 3.19. The summed E-state index contributed by atoms with van der Waals surface area (Å²) in [6.45, 7) is 1.76. The van der Waals surface area contributed by atoms with Crippen LogP contribution in [0.1, 0.15) is 12.8 Å². The second kappa shape index (κ2) is 4.57. The van der Waals surface area contributed by atoms with Crippen molar-refractivity contribution >= 4 is 0 Å². The molecule has 2 nitrogen and oxygen atoms in total. The van der Waals surface area contributed by atoms with Crippen molar-refractivity contribution in [3.63, 3.8) is 0 Å². The molecule has 15 heavy (non-hydrogen) atoms. The van der Waals surface area contributed by atoms with Crippen LogP contribution in [0.25, 0.3) is 0 Å². The minimum absolute atomic E-state index is 0.0589. The SMILES string of the molecule is Fc1ccc(OC2CCCNC2)cc1F. The molecule has 0 spiro atoms. The maximum Gasteiger partial charge on any atom is 0.162 e. The number of piperidine rings is 1. The van der Waals surface area contributed by atoms with Crippen molar-refractivity contribution in [1.82, 2.24) is 5.32 Å². The van der Waals surface area contributed by atoms with Gasteiger partial charge in [-0.3, -0.25) is 0 Å². The molecular formula is C11H13F2NO. The first-order chi connectivity index (χ1) is 7.25. The van der Waals surface area contributed by atoms with Crippen molar-refractivity contribution in [3.05, 3.63) is 29.8 Å². The highest BCUT2D eigenvalue weighted by Crippen LogP contribution is 2.18. The maximum absolute atomic E-state index is 12.9. The second-order valence-corrected chi connectivity index (χ2v) is 3.66. The predicted molar refractivity (Wildman–Crippen MR) is 52.9 cm³/mol. The Bertz CT molecular complexity index is 337. The molecule has 0 amide bonds. The summed E-state index contributed by atoms with van der Waals surface area (Å²) in [5.41, 5.74) is 0. The molecule has 1 atom stereocenters. The van der Waals surface area contributed by atoms with Crippen LogP contribution in [0, 0.1) is 11.6 Å². The van der Waals surface area contributed by atoms with Crippen LogP contribution in [0.2, 0.25) is 0 Å². The normalized spacial score (nSPS) is 21.3. The van der Waals surface area contributed by atoms with E-state index in [-0.39, 0.29) is 6.10 Å². The van der Waals surface area contributed by atoms with Crippen molar-refractivity contribution < 1.29 is 13.5 Å². The fourth-order valence-electron chi connectivity index (χ4n) is 1.66. The Labute approximate surface area is 87.2 Å². The zero-order valence-corrected chi connectivity index (χ0v) is 8.30. The first kappa shape index (κ1) is 10.4. The second-order valence-electron chi connectivity index (χ2n) is 3.66. The summed E-state index contributed by atoms with van der Waals surface area (Å²) >= 11 is 0. The molecule has 1 aliphatic heterocycles. The summed E-state index contributed by atoms with van der Waals surface area (Å²) in [6.07, 6.45) is 2.06. The molecule has 0 bridgehead atoms. The zero-order chi connectivity index (χ0) is 10.7. The highest BCUT2D eigenvalue weighted by atomic mass is 19.2. The van der Waals surface area contributed by atoms with Crippen LogP contribution < -0.4 is 10.1 Å². The van der Waals surface area contributed by atoms with Crippen LogP contribution in [0.4, 0.5) is 8.78 Å². The molecule has 1 aromatic rings. The van der Waals surface area contributed by atoms with E-state index in [2.05, 4.69) is 5.32 Å². The van der Waals surface area contributed by atoms with E-state index in [1.807, 2.05) is 0 Å². The van der Waals surface area contributed by atoms with Crippen LogP contribution in [0.15, 0.2) is 18.2 Å². The molecule has 1 fully saturated rings. The zero-order valence-electron chi connectivity index (χ0n) is 8.30. The van der Waals surface area contributed by atoms with E-state index < -0.39 is 11.6 Å². The average Bonchev–Trinajstić information content (AvgIpc) is 2.25. The smallest absolute Gasteiger partial charge is 0.162 e. The summed E-state index contributed by atoms with van der Waals surface area (Å²) in [7, 11) is 0. The van der Waals surface area contributed by atoms with Gasteiger partial charge < -0.3 is 10.1 Å². The van der Waals surface area contributed by atoms with Crippen molar-refractivity contribution in [2.24, 2.45) is 0 Å². The lowest BCUT2D eigenvalue weighted by Gasteiger charge is -2.23. The average molecular weight is 213 g/mol. The Kier molecular flexibility index (Phi) is 3.16. The first-order valence-electron chi connectivity index (χ1n) is 5.08. The molecule has 1 aromatic carbocycles. The third kappa shape index (κ3) is 2.65. The van der Waals surface area contributed by atoms with Crippen LogP contribution >= 0.6 is 0 Å². The predicted octanol–water partition coefficient (Wildman–Crippen LogP) is 2.10. The Morgan fingerprint density at radius 1 is 1.27 bits per heavy atom. The molecule has 82 valence electrons. The molecule has 1 aliphatic rings. The Morgan fingerprint density at radius 2 is 2.13 bits per heavy atom. The van der Waals surface area contributed by atoms with E-state index in [4.69, 9.17) is 4.74 Å². The minimum atomic E-state index is -0.865. The summed E-state index contributed by atoms with van der Waals surface area (Å²) in [5.74, 6) is -1.32. The topological polar surface area (TPSA) is 21.3 Å². The minimum Gasteiger partial charge on any atom is -0.489 e. The fraction of sp³-hybridized carbons (Fsp3) is 0.455. The van der Waals surface area contributed by atoms with Crippen LogP contribution in [-0.2, 0) is 0 Å². The van der Waals surface area contributed by atoms with Gasteiger partial charge in [0.1, 0.15) is 11.9 Å². The Hall–Kier alpha value is -1.16. The van der Waals surface area contributed by atoms with Crippen LogP contribution in [0.3, 0.4) is 0 Å². The highest BCUT2D eigenvalue weighted by molar-refractivity contribution is 5.23. The summed E-state index contributed by atoms with van der Waals surface area (Å²) < 4.78 is 31.0. The molecule has 1 N–H and O–H groups in total. The number of hydrogen-bond donors (Lipinski definition) is 1. The Balaban J connectivity index is 2.00. The molecular weight excluding hydrogens is 200 g/mol. The van der Waals surface area contributed by atoms with Crippen LogP contribution in [0.5, 0.6) is 5.75 Å². The van der Waals surface area contributed by atoms with E-state index in [9.17, 15) is 8.78 Å². The molecule has 1 unspecified atom stereocenters. The molecule has 0 aromatic heterocycles. The van der Waals surface area contributed by atoms with Gasteiger partial charge in [-0.15, -0.1) is 0 Å². The van der Waals surface area contributed by atoms with Gasteiger partial charge >= 0.3 is 0 Å². The van der Waals surface area contributed by atoms with Gasteiger partial charge in [-0.05, 0) is 31.5 Å². The Morgan fingerprint density at radius 3 is 2.80 bits per heavy atom. The van der Waals surface area contributed by atoms with E-state index in [0.717, 1.165) is 38.1 Å². The highest BCUT2D eigenvalue weighted by Gasteiger charge is 2.14. The van der Waals surface area contributed by atoms with Crippen LogP contribution in [-0.4, -0.2) is 19.2 Å². The number of rotatable bonds is 2. The van der Waals surface area contributed by atoms with Crippen molar-refractivity contribution in [2.45, 2.75) is 18.9 Å². The monoisotopic (exact) mass is 213 g/mol. The standard InChI is InChI=1S/C11H13F2NO/c12-10-4-3-8(6-11(10)13)15-9-2-1-5-14-7-9/h3-4,6,9,14H,1-2,5,7H2. The lowest BCUT2D eigenvalue weighted by Crippen LogP contribution is -2.37. The third-order valence-electron chi connectivity index (χ3n) is 2.45. The van der Waals surface area contributed by atoms with Crippen molar-refractivity contribution in [1.29, 1.82) is 0 Å².